The summed E-state index contributed by atoms with van der Waals surface area (Å²) in [6.07, 6.45) is 6.83. The summed E-state index contributed by atoms with van der Waals surface area (Å²) in [5.74, 6) is 1.27. The number of nitrogens with zero attached hydrogens (tertiary/aromatic N) is 3. The Bertz CT molecular complexity index is 1250. The molecule has 0 bridgehead atoms. The number of hydrogen-bond donors (Lipinski definition) is 0. The van der Waals surface area contributed by atoms with Crippen LogP contribution in [-0.2, 0) is 15.8 Å². The van der Waals surface area contributed by atoms with Crippen LogP contribution < -0.4 is 0 Å². The molecule has 3 aromatic rings. The topological polar surface area (TPSA) is 55.2 Å². The quantitative estimate of drug-likeness (QED) is 0.393. The third kappa shape index (κ3) is 4.60. The van der Waals surface area contributed by atoms with E-state index in [1.807, 2.05) is 6.07 Å². The van der Waals surface area contributed by atoms with Crippen LogP contribution in [0.1, 0.15) is 62.6 Å². The van der Waals surface area contributed by atoms with Gasteiger partial charge in [-0.1, -0.05) is 55.8 Å². The molecule has 0 radical (unpaired) electrons. The Balaban J connectivity index is 1.50. The number of benzene rings is 2. The highest BCUT2D eigenvalue weighted by Crippen LogP contribution is 2.38. The Hall–Kier alpha value is -1.83. The standard InChI is InChI=1S/C26H33N3O2S2/c1-19-8-7-15-28(17-19)33(30,31)23-13-14-25-24(16-23)27-26(29(25)22-11-5-6-12-22)32-18-21-10-4-3-9-20(21)2/h3-4,9-10,13-14,16,19,22H,5-8,11-12,15,17-18H2,1-2H3. The van der Waals surface area contributed by atoms with Gasteiger partial charge in [0.2, 0.25) is 10.0 Å². The van der Waals surface area contributed by atoms with Gasteiger partial charge in [0.1, 0.15) is 0 Å². The van der Waals surface area contributed by atoms with Gasteiger partial charge in [-0.3, -0.25) is 0 Å². The van der Waals surface area contributed by atoms with Crippen LogP contribution in [0.25, 0.3) is 11.0 Å². The summed E-state index contributed by atoms with van der Waals surface area (Å²) >= 11 is 1.76. The molecule has 1 atom stereocenters. The van der Waals surface area contributed by atoms with Gasteiger partial charge < -0.3 is 4.57 Å². The second-order valence-electron chi connectivity index (χ2n) is 9.68. The molecular formula is C26H33N3O2S2. The molecule has 1 saturated heterocycles. The molecule has 0 spiro atoms. The average Bonchev–Trinajstić information content (AvgIpc) is 3.45. The molecule has 1 aliphatic carbocycles. The first-order valence-corrected chi connectivity index (χ1v) is 14.6. The van der Waals surface area contributed by atoms with E-state index in [1.165, 1.54) is 24.0 Å². The summed E-state index contributed by atoms with van der Waals surface area (Å²) in [7, 11) is -3.49. The number of sulfonamides is 1. The molecule has 1 aromatic heterocycles. The van der Waals surface area contributed by atoms with Crippen molar-refractivity contribution in [3.8, 4) is 0 Å². The molecule has 2 aliphatic rings. The van der Waals surface area contributed by atoms with Crippen molar-refractivity contribution in [2.75, 3.05) is 13.1 Å². The van der Waals surface area contributed by atoms with Gasteiger partial charge in [0.05, 0.1) is 15.9 Å². The van der Waals surface area contributed by atoms with Crippen molar-refractivity contribution in [2.24, 2.45) is 5.92 Å². The molecule has 33 heavy (non-hydrogen) atoms. The predicted octanol–water partition coefficient (Wildman–Crippen LogP) is 6.17. The summed E-state index contributed by atoms with van der Waals surface area (Å²) in [6, 6.07) is 14.5. The summed E-state index contributed by atoms with van der Waals surface area (Å²) < 4.78 is 30.8. The lowest BCUT2D eigenvalue weighted by atomic mass is 10.0. The van der Waals surface area contributed by atoms with Gasteiger partial charge in [0.25, 0.3) is 0 Å². The second kappa shape index (κ2) is 9.43. The Morgan fingerprint density at radius 1 is 1.06 bits per heavy atom. The highest BCUT2D eigenvalue weighted by atomic mass is 32.2. The maximum absolute atomic E-state index is 13.4. The van der Waals surface area contributed by atoms with Gasteiger partial charge in [-0.15, -0.1) is 0 Å². The van der Waals surface area contributed by atoms with Gasteiger partial charge in [0, 0.05) is 24.9 Å². The maximum atomic E-state index is 13.4. The van der Waals surface area contributed by atoms with Gasteiger partial charge in [-0.05, 0) is 67.9 Å². The molecule has 7 heteroatoms. The Morgan fingerprint density at radius 2 is 1.85 bits per heavy atom. The fraction of sp³-hybridized carbons (Fsp3) is 0.500. The van der Waals surface area contributed by atoms with Crippen molar-refractivity contribution >= 4 is 32.8 Å². The average molecular weight is 484 g/mol. The minimum absolute atomic E-state index is 0.371. The number of hydrogen-bond acceptors (Lipinski definition) is 4. The normalized spacial score (nSPS) is 20.6. The fourth-order valence-electron chi connectivity index (χ4n) is 5.26. The zero-order valence-electron chi connectivity index (χ0n) is 19.5. The molecule has 1 saturated carbocycles. The molecule has 5 rings (SSSR count). The molecule has 0 N–H and O–H groups in total. The van der Waals surface area contributed by atoms with E-state index in [0.717, 1.165) is 47.6 Å². The summed E-state index contributed by atoms with van der Waals surface area (Å²) in [6.45, 7) is 5.49. The largest absolute Gasteiger partial charge is 0.316 e. The molecule has 2 fully saturated rings. The van der Waals surface area contributed by atoms with Gasteiger partial charge in [-0.2, -0.15) is 4.31 Å². The van der Waals surface area contributed by atoms with Crippen molar-refractivity contribution < 1.29 is 8.42 Å². The third-order valence-corrected chi connectivity index (χ3v) is 10.1. The number of fused-ring (bicyclic) bond motifs is 1. The molecule has 5 nitrogen and oxygen atoms in total. The van der Waals surface area contributed by atoms with Crippen LogP contribution in [0, 0.1) is 12.8 Å². The zero-order valence-corrected chi connectivity index (χ0v) is 21.2. The van der Waals surface area contributed by atoms with E-state index in [0.29, 0.717) is 29.9 Å². The minimum Gasteiger partial charge on any atom is -0.316 e. The van der Waals surface area contributed by atoms with Crippen LogP contribution in [-0.4, -0.2) is 35.4 Å². The Labute approximate surface area is 201 Å². The Kier molecular flexibility index (Phi) is 6.56. The zero-order chi connectivity index (χ0) is 23.0. The van der Waals surface area contributed by atoms with Gasteiger partial charge >= 0.3 is 0 Å². The number of piperidine rings is 1. The summed E-state index contributed by atoms with van der Waals surface area (Å²) in [5.41, 5.74) is 4.45. The predicted molar refractivity (Wildman–Crippen MR) is 135 cm³/mol. The maximum Gasteiger partial charge on any atom is 0.243 e. The van der Waals surface area contributed by atoms with E-state index in [2.05, 4.69) is 42.7 Å². The van der Waals surface area contributed by atoms with Crippen molar-refractivity contribution in [1.29, 1.82) is 0 Å². The molecule has 1 unspecified atom stereocenters. The van der Waals surface area contributed by atoms with E-state index >= 15 is 0 Å². The summed E-state index contributed by atoms with van der Waals surface area (Å²) in [4.78, 5) is 5.35. The van der Waals surface area contributed by atoms with Crippen molar-refractivity contribution in [3.63, 3.8) is 0 Å². The third-order valence-electron chi connectivity index (χ3n) is 7.19. The van der Waals surface area contributed by atoms with E-state index in [-0.39, 0.29) is 0 Å². The van der Waals surface area contributed by atoms with Crippen LogP contribution in [0.5, 0.6) is 0 Å². The van der Waals surface area contributed by atoms with Crippen molar-refractivity contribution in [3.05, 3.63) is 53.6 Å². The SMILES string of the molecule is Cc1ccccc1CSc1nc2cc(S(=O)(=O)N3CCCC(C)C3)ccc2n1C1CCCC1. The fourth-order valence-corrected chi connectivity index (χ4v) is 8.04. The molecule has 2 aromatic carbocycles. The van der Waals surface area contributed by atoms with E-state index in [1.54, 1.807) is 28.2 Å². The lowest BCUT2D eigenvalue weighted by Gasteiger charge is -2.30. The van der Waals surface area contributed by atoms with Gasteiger partial charge in [0.15, 0.2) is 5.16 Å². The number of imidazole rings is 1. The molecule has 1 aliphatic heterocycles. The van der Waals surface area contributed by atoms with E-state index < -0.39 is 10.0 Å². The molecular weight excluding hydrogens is 450 g/mol. The monoisotopic (exact) mass is 483 g/mol. The smallest absolute Gasteiger partial charge is 0.243 e. The van der Waals surface area contributed by atoms with Gasteiger partial charge in [-0.25, -0.2) is 13.4 Å². The first-order chi connectivity index (χ1) is 15.9. The number of aryl methyl sites for hydroxylation is 1. The molecule has 2 heterocycles. The van der Waals surface area contributed by atoms with Crippen molar-refractivity contribution in [2.45, 2.75) is 74.2 Å². The first-order valence-electron chi connectivity index (χ1n) is 12.1. The number of thioether (sulfide) groups is 1. The first kappa shape index (κ1) is 22.9. The van der Waals surface area contributed by atoms with Crippen LogP contribution in [0.4, 0.5) is 0 Å². The minimum atomic E-state index is -3.49. The number of aromatic nitrogens is 2. The highest BCUT2D eigenvalue weighted by molar-refractivity contribution is 7.98. The van der Waals surface area contributed by atoms with Crippen molar-refractivity contribution in [1.82, 2.24) is 13.9 Å². The number of rotatable bonds is 6. The second-order valence-corrected chi connectivity index (χ2v) is 12.6. The molecule has 0 amide bonds. The van der Waals surface area contributed by atoms with Crippen LogP contribution in [0.15, 0.2) is 52.5 Å². The lowest BCUT2D eigenvalue weighted by Crippen LogP contribution is -2.39. The van der Waals surface area contributed by atoms with E-state index in [4.69, 9.17) is 4.98 Å². The van der Waals surface area contributed by atoms with Crippen LogP contribution >= 0.6 is 11.8 Å². The van der Waals surface area contributed by atoms with Crippen LogP contribution in [0.3, 0.4) is 0 Å². The summed E-state index contributed by atoms with van der Waals surface area (Å²) in [5, 5.41) is 1.00. The highest BCUT2D eigenvalue weighted by Gasteiger charge is 2.30. The Morgan fingerprint density at radius 3 is 2.61 bits per heavy atom. The van der Waals surface area contributed by atoms with Crippen LogP contribution in [0.2, 0.25) is 0 Å². The molecule has 176 valence electrons. The lowest BCUT2D eigenvalue weighted by molar-refractivity contribution is 0.281. The van der Waals surface area contributed by atoms with E-state index in [9.17, 15) is 8.42 Å².